The lowest BCUT2D eigenvalue weighted by atomic mass is 9.84. The van der Waals surface area contributed by atoms with Crippen molar-refractivity contribution in [1.29, 1.82) is 0 Å². The van der Waals surface area contributed by atoms with E-state index in [0.717, 1.165) is 12.8 Å². The first kappa shape index (κ1) is 8.87. The third-order valence-electron chi connectivity index (χ3n) is 2.48. The van der Waals surface area contributed by atoms with Crippen LogP contribution in [0.5, 0.6) is 0 Å². The van der Waals surface area contributed by atoms with Gasteiger partial charge in [-0.2, -0.15) is 0 Å². The fourth-order valence-corrected chi connectivity index (χ4v) is 1.48. The summed E-state index contributed by atoms with van der Waals surface area (Å²) in [6.07, 6.45) is 1.51. The van der Waals surface area contributed by atoms with Gasteiger partial charge in [0, 0.05) is 18.0 Å². The van der Waals surface area contributed by atoms with Gasteiger partial charge >= 0.3 is 0 Å². The van der Waals surface area contributed by atoms with Crippen LogP contribution in [0.1, 0.15) is 19.8 Å². The van der Waals surface area contributed by atoms with Crippen molar-refractivity contribution in [2.24, 2.45) is 10.5 Å². The first-order valence-corrected chi connectivity index (χ1v) is 4.04. The third-order valence-corrected chi connectivity index (χ3v) is 2.48. The van der Waals surface area contributed by atoms with E-state index in [1.165, 1.54) is 0 Å². The molecule has 5 nitrogen and oxygen atoms in total. The van der Waals surface area contributed by atoms with Gasteiger partial charge in [-0.25, -0.2) is 0 Å². The van der Waals surface area contributed by atoms with Gasteiger partial charge in [0.05, 0.1) is 5.41 Å². The first-order valence-electron chi connectivity index (χ1n) is 4.04. The van der Waals surface area contributed by atoms with Gasteiger partial charge in [0.2, 0.25) is 5.91 Å². The van der Waals surface area contributed by atoms with Gasteiger partial charge in [0.25, 0.3) is 0 Å². The maximum Gasteiger partial charge on any atom is 0.226 e. The maximum atomic E-state index is 11.3. The Morgan fingerprint density at radius 3 is 3.00 bits per heavy atom. The number of nitrogens with one attached hydrogen (secondary N) is 1. The van der Waals surface area contributed by atoms with Crippen molar-refractivity contribution in [3.05, 3.63) is 10.4 Å². The van der Waals surface area contributed by atoms with Gasteiger partial charge in [-0.15, -0.1) is 0 Å². The SMILES string of the molecule is CC[C@]1(CN=[N+]=[N-])CCNC1=O. The van der Waals surface area contributed by atoms with E-state index in [1.54, 1.807) is 0 Å². The van der Waals surface area contributed by atoms with Crippen LogP contribution in [0, 0.1) is 5.41 Å². The maximum absolute atomic E-state index is 11.3. The normalized spacial score (nSPS) is 27.9. The van der Waals surface area contributed by atoms with E-state index in [0.29, 0.717) is 6.54 Å². The molecule has 1 saturated heterocycles. The van der Waals surface area contributed by atoms with Crippen molar-refractivity contribution in [3.8, 4) is 0 Å². The predicted molar refractivity (Wildman–Crippen MR) is 44.4 cm³/mol. The zero-order valence-electron chi connectivity index (χ0n) is 7.08. The molecule has 66 valence electrons. The lowest BCUT2D eigenvalue weighted by molar-refractivity contribution is -0.127. The fraction of sp³-hybridized carbons (Fsp3) is 0.857. The van der Waals surface area contributed by atoms with E-state index in [-0.39, 0.29) is 12.5 Å². The first-order chi connectivity index (χ1) is 5.75. The summed E-state index contributed by atoms with van der Waals surface area (Å²) in [5.74, 6) is 0.0254. The van der Waals surface area contributed by atoms with Crippen LogP contribution in [0.15, 0.2) is 5.11 Å². The van der Waals surface area contributed by atoms with Crippen LogP contribution < -0.4 is 5.32 Å². The van der Waals surface area contributed by atoms with Crippen LogP contribution in [0.25, 0.3) is 10.4 Å². The highest BCUT2D eigenvalue weighted by Crippen LogP contribution is 2.30. The van der Waals surface area contributed by atoms with Gasteiger partial charge in [-0.05, 0) is 18.4 Å². The van der Waals surface area contributed by atoms with Gasteiger partial charge in [-0.1, -0.05) is 12.0 Å². The van der Waals surface area contributed by atoms with Crippen LogP contribution in [0.2, 0.25) is 0 Å². The Hall–Kier alpha value is -1.22. The molecule has 1 heterocycles. The Morgan fingerprint density at radius 2 is 2.58 bits per heavy atom. The molecular weight excluding hydrogens is 156 g/mol. The van der Waals surface area contributed by atoms with Gasteiger partial charge in [-0.3, -0.25) is 4.79 Å². The molecule has 0 aliphatic carbocycles. The van der Waals surface area contributed by atoms with E-state index in [4.69, 9.17) is 5.53 Å². The fourth-order valence-electron chi connectivity index (χ4n) is 1.48. The molecule has 1 amide bonds. The highest BCUT2D eigenvalue weighted by Gasteiger charge is 2.39. The molecule has 1 aliphatic rings. The second-order valence-corrected chi connectivity index (χ2v) is 3.03. The number of hydrogen-bond donors (Lipinski definition) is 1. The Kier molecular flexibility index (Phi) is 2.55. The third kappa shape index (κ3) is 1.36. The molecule has 12 heavy (non-hydrogen) atoms. The molecule has 0 aromatic carbocycles. The highest BCUT2D eigenvalue weighted by atomic mass is 16.2. The lowest BCUT2D eigenvalue weighted by Crippen LogP contribution is -2.33. The summed E-state index contributed by atoms with van der Waals surface area (Å²) >= 11 is 0. The summed E-state index contributed by atoms with van der Waals surface area (Å²) < 4.78 is 0. The number of amides is 1. The van der Waals surface area contributed by atoms with Crippen molar-refractivity contribution in [1.82, 2.24) is 5.32 Å². The Balaban J connectivity index is 2.73. The van der Waals surface area contributed by atoms with Crippen molar-refractivity contribution in [3.63, 3.8) is 0 Å². The quantitative estimate of drug-likeness (QED) is 0.383. The molecule has 0 aromatic rings. The molecule has 0 aromatic heterocycles. The van der Waals surface area contributed by atoms with Crippen LogP contribution in [0.3, 0.4) is 0 Å². The molecule has 1 rings (SSSR count). The topological polar surface area (TPSA) is 77.9 Å². The number of carbonyl (C=O) groups is 1. The molecule has 0 spiro atoms. The van der Waals surface area contributed by atoms with Crippen molar-refractivity contribution in [2.45, 2.75) is 19.8 Å². The predicted octanol–water partition coefficient (Wildman–Crippen LogP) is 1.21. The molecule has 0 radical (unpaired) electrons. The molecule has 0 saturated carbocycles. The monoisotopic (exact) mass is 168 g/mol. The van der Waals surface area contributed by atoms with Crippen molar-refractivity contribution in [2.75, 3.05) is 13.1 Å². The van der Waals surface area contributed by atoms with Crippen LogP contribution in [-0.2, 0) is 4.79 Å². The minimum Gasteiger partial charge on any atom is -0.356 e. The summed E-state index contributed by atoms with van der Waals surface area (Å²) in [6.45, 7) is 2.93. The molecular formula is C7H12N4O. The average Bonchev–Trinajstić information content (AvgIpc) is 2.45. The zero-order chi connectivity index (χ0) is 9.03. The van der Waals surface area contributed by atoms with E-state index < -0.39 is 5.41 Å². The number of azide groups is 1. The van der Waals surface area contributed by atoms with Crippen LogP contribution >= 0.6 is 0 Å². The summed E-state index contributed by atoms with van der Waals surface area (Å²) in [7, 11) is 0. The highest BCUT2D eigenvalue weighted by molar-refractivity contribution is 5.84. The Bertz CT molecular complexity index is 234. The number of rotatable bonds is 3. The van der Waals surface area contributed by atoms with E-state index in [2.05, 4.69) is 15.3 Å². The van der Waals surface area contributed by atoms with Crippen molar-refractivity contribution >= 4 is 5.91 Å². The zero-order valence-corrected chi connectivity index (χ0v) is 7.08. The van der Waals surface area contributed by atoms with Crippen molar-refractivity contribution < 1.29 is 4.79 Å². The second kappa shape index (κ2) is 3.45. The average molecular weight is 168 g/mol. The minimum absolute atomic E-state index is 0.0254. The Morgan fingerprint density at radius 1 is 1.83 bits per heavy atom. The number of carbonyl (C=O) groups excluding carboxylic acids is 1. The van der Waals surface area contributed by atoms with Gasteiger partial charge in [0.15, 0.2) is 0 Å². The number of nitrogens with zero attached hydrogens (tertiary/aromatic N) is 3. The molecule has 0 bridgehead atoms. The smallest absolute Gasteiger partial charge is 0.226 e. The molecule has 1 aliphatic heterocycles. The van der Waals surface area contributed by atoms with E-state index >= 15 is 0 Å². The molecule has 1 atom stereocenters. The Labute approximate surface area is 70.8 Å². The molecule has 5 heteroatoms. The lowest BCUT2D eigenvalue weighted by Gasteiger charge is -2.20. The summed E-state index contributed by atoms with van der Waals surface area (Å²) in [5, 5.41) is 6.21. The van der Waals surface area contributed by atoms with E-state index in [1.807, 2.05) is 6.92 Å². The second-order valence-electron chi connectivity index (χ2n) is 3.03. The molecule has 1 N–H and O–H groups in total. The summed E-state index contributed by atoms with van der Waals surface area (Å²) in [4.78, 5) is 14.0. The minimum atomic E-state index is -0.424. The summed E-state index contributed by atoms with van der Waals surface area (Å²) in [6, 6.07) is 0. The van der Waals surface area contributed by atoms with Gasteiger partial charge < -0.3 is 5.32 Å². The van der Waals surface area contributed by atoms with Gasteiger partial charge in [0.1, 0.15) is 0 Å². The molecule has 1 fully saturated rings. The number of hydrogen-bond acceptors (Lipinski definition) is 2. The largest absolute Gasteiger partial charge is 0.356 e. The van der Waals surface area contributed by atoms with Crippen LogP contribution in [0.4, 0.5) is 0 Å². The standard InChI is InChI=1S/C7H12N4O/c1-2-7(5-10-11-8)3-4-9-6(7)12/h2-5H2,1H3,(H,9,12)/t7-/m1/s1. The molecule has 0 unspecified atom stereocenters. The van der Waals surface area contributed by atoms with E-state index in [9.17, 15) is 4.79 Å². The summed E-state index contributed by atoms with van der Waals surface area (Å²) in [5.41, 5.74) is 7.73. The van der Waals surface area contributed by atoms with Crippen LogP contribution in [-0.4, -0.2) is 19.0 Å².